The van der Waals surface area contributed by atoms with Crippen LogP contribution in [-0.4, -0.2) is 0 Å². The SMILES string of the molecule is C=C/C=C(\C=C)N(c1ccccc1)c1ccc(-c2ccc(-c3ccc(N(C4=CCCC=C4)/C(C=C)=C/C)cc3)cc2)cc1.CC.CC.CC.CC.CC.CC.CC. The van der Waals surface area contributed by atoms with Gasteiger partial charge in [-0.15, -0.1) is 0 Å². The molecule has 2 heteroatoms. The van der Waals surface area contributed by atoms with E-state index in [1.165, 1.54) is 28.0 Å². The minimum Gasteiger partial charge on any atom is -0.311 e. The van der Waals surface area contributed by atoms with Crippen molar-refractivity contribution in [3.8, 4) is 22.3 Å². The first-order chi connectivity index (χ1) is 28.2. The number of allylic oxidation sites excluding steroid dienone is 8. The summed E-state index contributed by atoms with van der Waals surface area (Å²) >= 11 is 0. The third-order valence-electron chi connectivity index (χ3n) is 7.57. The Kier molecular flexibility index (Phi) is 36.9. The van der Waals surface area contributed by atoms with Gasteiger partial charge in [-0.1, -0.05) is 208 Å². The number of hydrogen-bond donors (Lipinski definition) is 0. The van der Waals surface area contributed by atoms with Gasteiger partial charge in [-0.2, -0.15) is 0 Å². The minimum absolute atomic E-state index is 0.964. The third kappa shape index (κ3) is 18.0. The number of anilines is 3. The summed E-state index contributed by atoms with van der Waals surface area (Å²) in [4.78, 5) is 4.45. The second kappa shape index (κ2) is 37.6. The quantitative estimate of drug-likeness (QED) is 0.140. The fourth-order valence-electron chi connectivity index (χ4n) is 5.39. The van der Waals surface area contributed by atoms with Gasteiger partial charge in [0.25, 0.3) is 0 Å². The van der Waals surface area contributed by atoms with Crippen LogP contribution in [0, 0.1) is 0 Å². The second-order valence-electron chi connectivity index (χ2n) is 10.2. The highest BCUT2D eigenvalue weighted by atomic mass is 15.2. The van der Waals surface area contributed by atoms with Gasteiger partial charge in [-0.25, -0.2) is 0 Å². The van der Waals surface area contributed by atoms with Crippen molar-refractivity contribution >= 4 is 17.1 Å². The summed E-state index contributed by atoms with van der Waals surface area (Å²) in [6.07, 6.45) is 18.5. The first kappa shape index (κ1) is 56.0. The molecule has 0 spiro atoms. The van der Waals surface area contributed by atoms with Gasteiger partial charge in [0.2, 0.25) is 0 Å². The van der Waals surface area contributed by atoms with Crippen molar-refractivity contribution in [2.75, 3.05) is 9.80 Å². The fraction of sp³-hybridized carbons (Fsp3) is 0.309. The van der Waals surface area contributed by atoms with Crippen LogP contribution < -0.4 is 9.80 Å². The van der Waals surface area contributed by atoms with Gasteiger partial charge in [0, 0.05) is 34.2 Å². The van der Waals surface area contributed by atoms with Crippen LogP contribution in [0.2, 0.25) is 0 Å². The number of rotatable bonds is 11. The molecule has 1 aliphatic rings. The van der Waals surface area contributed by atoms with Crippen molar-refractivity contribution in [3.63, 3.8) is 0 Å². The summed E-state index contributed by atoms with van der Waals surface area (Å²) in [5.74, 6) is 0. The molecular weight excluding hydrogens is 689 g/mol. The molecule has 0 amide bonds. The molecule has 0 saturated heterocycles. The Morgan fingerprint density at radius 2 is 0.825 bits per heavy atom. The highest BCUT2D eigenvalue weighted by Gasteiger charge is 2.15. The maximum atomic E-state index is 4.04. The maximum Gasteiger partial charge on any atom is 0.0462 e. The van der Waals surface area contributed by atoms with E-state index >= 15 is 0 Å². The summed E-state index contributed by atoms with van der Waals surface area (Å²) in [7, 11) is 0. The first-order valence-electron chi connectivity index (χ1n) is 21.7. The van der Waals surface area contributed by atoms with E-state index in [2.05, 4.69) is 146 Å². The topological polar surface area (TPSA) is 6.48 Å². The van der Waals surface area contributed by atoms with E-state index < -0.39 is 0 Å². The summed E-state index contributed by atoms with van der Waals surface area (Å²) in [6, 6.07) is 36.5. The van der Waals surface area contributed by atoms with Crippen molar-refractivity contribution in [3.05, 3.63) is 189 Å². The van der Waals surface area contributed by atoms with Crippen LogP contribution in [0.3, 0.4) is 0 Å². The average Bonchev–Trinajstić information content (AvgIpc) is 3.33. The van der Waals surface area contributed by atoms with E-state index in [1.54, 1.807) is 6.08 Å². The molecule has 57 heavy (non-hydrogen) atoms. The van der Waals surface area contributed by atoms with Crippen LogP contribution in [-0.2, 0) is 0 Å². The van der Waals surface area contributed by atoms with E-state index in [0.717, 1.165) is 41.3 Å². The molecule has 0 bridgehead atoms. The Balaban J connectivity index is -0.00000188. The molecule has 0 atom stereocenters. The molecule has 4 aromatic rings. The van der Waals surface area contributed by atoms with Gasteiger partial charge in [0.05, 0.1) is 0 Å². The number of benzene rings is 4. The van der Waals surface area contributed by atoms with Crippen LogP contribution in [0.5, 0.6) is 0 Å². The van der Waals surface area contributed by atoms with Gasteiger partial charge in [0.15, 0.2) is 0 Å². The van der Waals surface area contributed by atoms with Crippen LogP contribution >= 0.6 is 0 Å². The van der Waals surface area contributed by atoms with E-state index in [0.29, 0.717) is 0 Å². The zero-order chi connectivity index (χ0) is 44.0. The number of nitrogens with zero attached hydrogens (tertiary/aromatic N) is 2. The molecule has 4 aromatic carbocycles. The molecule has 0 aromatic heterocycles. The molecule has 2 nitrogen and oxygen atoms in total. The van der Waals surface area contributed by atoms with Crippen LogP contribution in [0.25, 0.3) is 22.3 Å². The number of hydrogen-bond acceptors (Lipinski definition) is 2. The van der Waals surface area contributed by atoms with Crippen LogP contribution in [0.15, 0.2) is 189 Å². The molecule has 1 aliphatic carbocycles. The molecule has 310 valence electrons. The van der Waals surface area contributed by atoms with E-state index in [-0.39, 0.29) is 0 Å². The Bertz CT molecular complexity index is 1680. The average molecular weight is 769 g/mol. The van der Waals surface area contributed by atoms with Crippen molar-refractivity contribution in [2.24, 2.45) is 0 Å². The first-order valence-corrected chi connectivity index (χ1v) is 21.7. The molecule has 0 unspecified atom stereocenters. The summed E-state index contributed by atoms with van der Waals surface area (Å²) < 4.78 is 0. The lowest BCUT2D eigenvalue weighted by atomic mass is 9.99. The van der Waals surface area contributed by atoms with E-state index in [1.807, 2.05) is 133 Å². The lowest BCUT2D eigenvalue weighted by Crippen LogP contribution is -2.20. The predicted octanol–water partition coefficient (Wildman–Crippen LogP) is 18.7. The highest BCUT2D eigenvalue weighted by molar-refractivity contribution is 5.76. The zero-order valence-electron chi connectivity index (χ0n) is 38.9. The molecule has 0 saturated carbocycles. The maximum absolute atomic E-state index is 4.04. The Morgan fingerprint density at radius 3 is 1.16 bits per heavy atom. The third-order valence-corrected chi connectivity index (χ3v) is 7.57. The molecule has 5 rings (SSSR count). The zero-order valence-corrected chi connectivity index (χ0v) is 38.9. The Hall–Kier alpha value is -5.34. The van der Waals surface area contributed by atoms with Crippen LogP contribution in [0.4, 0.5) is 17.1 Å². The van der Waals surface area contributed by atoms with Crippen molar-refractivity contribution < 1.29 is 0 Å². The molecular formula is C55H80N2. The standard InChI is InChI=1S/C41H38N2.7C2H6/c1-5-15-37(8-4)43(39-18-13-10-14-19-39)41-30-26-35(27-31-41)33-22-20-32(21-23-33)34-24-28-40(29-25-34)42(36(6-2)7-3)38-16-11-9-12-17-38;7*1-2/h5-8,10-11,13-31H,1-2,4,9,12H2,3H3;7*1-2H3/b36-7+,37-15+;;;;;;;. The normalized spacial score (nSPS) is 10.7. The molecule has 0 N–H and O–H groups in total. The van der Waals surface area contributed by atoms with Crippen molar-refractivity contribution in [1.29, 1.82) is 0 Å². The summed E-state index contributed by atoms with van der Waals surface area (Å²) in [6.45, 7) is 42.0. The van der Waals surface area contributed by atoms with Crippen molar-refractivity contribution in [2.45, 2.75) is 117 Å². The molecule has 0 radical (unpaired) electrons. The van der Waals surface area contributed by atoms with Gasteiger partial charge >= 0.3 is 0 Å². The highest BCUT2D eigenvalue weighted by Crippen LogP contribution is 2.34. The van der Waals surface area contributed by atoms with Crippen molar-refractivity contribution in [1.82, 2.24) is 0 Å². The molecule has 0 fully saturated rings. The van der Waals surface area contributed by atoms with Gasteiger partial charge < -0.3 is 9.80 Å². The minimum atomic E-state index is 0.964. The Morgan fingerprint density at radius 1 is 0.456 bits per heavy atom. The smallest absolute Gasteiger partial charge is 0.0462 e. The monoisotopic (exact) mass is 769 g/mol. The largest absolute Gasteiger partial charge is 0.311 e. The van der Waals surface area contributed by atoms with Crippen LogP contribution in [0.1, 0.15) is 117 Å². The fourth-order valence-corrected chi connectivity index (χ4v) is 5.39. The van der Waals surface area contributed by atoms with Gasteiger partial charge in [-0.3, -0.25) is 0 Å². The van der Waals surface area contributed by atoms with Gasteiger partial charge in [-0.05, 0) is 103 Å². The number of para-hydroxylation sites is 1. The lowest BCUT2D eigenvalue weighted by Gasteiger charge is -2.28. The summed E-state index contributed by atoms with van der Waals surface area (Å²) in [5.41, 5.74) is 11.2. The predicted molar refractivity (Wildman–Crippen MR) is 267 cm³/mol. The lowest BCUT2D eigenvalue weighted by molar-refractivity contribution is 0.986. The van der Waals surface area contributed by atoms with Gasteiger partial charge in [0.1, 0.15) is 0 Å². The molecule has 0 heterocycles. The van der Waals surface area contributed by atoms with E-state index in [9.17, 15) is 0 Å². The summed E-state index contributed by atoms with van der Waals surface area (Å²) in [5, 5.41) is 0. The van der Waals surface area contributed by atoms with E-state index in [4.69, 9.17) is 0 Å². The molecule has 0 aliphatic heterocycles. The second-order valence-corrected chi connectivity index (χ2v) is 10.2. The Labute approximate surface area is 353 Å².